The minimum absolute atomic E-state index is 1.13. The van der Waals surface area contributed by atoms with Crippen LogP contribution in [0, 0.1) is 0 Å². The topological polar surface area (TPSA) is 3.24 Å². The Kier molecular flexibility index (Phi) is 3.91. The number of hydrogen-bond donors (Lipinski definition) is 0. The molecule has 1 nitrogen and oxygen atoms in total. The lowest BCUT2D eigenvalue weighted by molar-refractivity contribution is 0.969. The average molecular weight is 353 g/mol. The molecule has 1 aliphatic heterocycles. The van der Waals surface area contributed by atoms with Crippen molar-refractivity contribution in [2.75, 3.05) is 4.90 Å². The van der Waals surface area contributed by atoms with Gasteiger partial charge < -0.3 is 4.90 Å². The fourth-order valence-electron chi connectivity index (χ4n) is 3.64. The van der Waals surface area contributed by atoms with Crippen molar-refractivity contribution in [3.8, 4) is 11.1 Å². The van der Waals surface area contributed by atoms with Crippen LogP contribution in [-0.2, 0) is 0 Å². The van der Waals surface area contributed by atoms with E-state index in [1.165, 1.54) is 38.0 Å². The lowest BCUT2D eigenvalue weighted by Gasteiger charge is -2.35. The van der Waals surface area contributed by atoms with Gasteiger partial charge >= 0.3 is 0 Å². The first kappa shape index (κ1) is 15.5. The maximum atomic E-state index is 2.41. The molecule has 0 aromatic heterocycles. The summed E-state index contributed by atoms with van der Waals surface area (Å²) in [6.07, 6.45) is 6.84. The zero-order valence-corrected chi connectivity index (χ0v) is 15.2. The van der Waals surface area contributed by atoms with Crippen molar-refractivity contribution in [2.24, 2.45) is 0 Å². The van der Waals surface area contributed by atoms with Crippen molar-refractivity contribution in [2.45, 2.75) is 17.7 Å². The third-order valence-corrected chi connectivity index (χ3v) is 6.14. The van der Waals surface area contributed by atoms with Gasteiger partial charge in [0, 0.05) is 15.5 Å². The van der Waals surface area contributed by atoms with E-state index >= 15 is 0 Å². The van der Waals surface area contributed by atoms with Gasteiger partial charge in [-0.05, 0) is 54.3 Å². The molecule has 0 atom stereocenters. The molecule has 0 bridgehead atoms. The number of hydrogen-bond acceptors (Lipinski definition) is 2. The van der Waals surface area contributed by atoms with Gasteiger partial charge in [0.2, 0.25) is 0 Å². The highest BCUT2D eigenvalue weighted by Gasteiger charge is 2.26. The van der Waals surface area contributed by atoms with Gasteiger partial charge in [0.1, 0.15) is 0 Å². The van der Waals surface area contributed by atoms with Crippen LogP contribution in [0.15, 0.2) is 107 Å². The quantitative estimate of drug-likeness (QED) is 0.481. The zero-order chi connectivity index (χ0) is 17.3. The monoisotopic (exact) mass is 353 g/mol. The molecule has 1 aliphatic carbocycles. The molecule has 0 amide bonds. The van der Waals surface area contributed by atoms with Crippen LogP contribution in [0.3, 0.4) is 0 Å². The molecule has 0 saturated carbocycles. The third kappa shape index (κ3) is 2.67. The van der Waals surface area contributed by atoms with E-state index in [1.54, 1.807) is 0 Å². The molecule has 0 radical (unpaired) electrons. The van der Waals surface area contributed by atoms with Crippen molar-refractivity contribution >= 4 is 23.1 Å². The summed E-state index contributed by atoms with van der Waals surface area (Å²) in [5.41, 5.74) is 6.33. The fraction of sp³-hybridized carbons (Fsp3) is 0.0833. The smallest absolute Gasteiger partial charge is 0.0601 e. The van der Waals surface area contributed by atoms with Gasteiger partial charge in [-0.1, -0.05) is 72.4 Å². The first-order valence-corrected chi connectivity index (χ1v) is 9.84. The Hall–Kier alpha value is -2.71. The summed E-state index contributed by atoms with van der Waals surface area (Å²) in [5, 5.41) is 0. The summed E-state index contributed by atoms with van der Waals surface area (Å²) in [4.78, 5) is 5.22. The Balaban J connectivity index is 1.60. The molecule has 3 aromatic rings. The highest BCUT2D eigenvalue weighted by Crippen LogP contribution is 2.49. The number of thioether (sulfide) groups is 1. The van der Waals surface area contributed by atoms with Crippen LogP contribution in [0.4, 0.5) is 11.4 Å². The van der Waals surface area contributed by atoms with Crippen LogP contribution in [0.1, 0.15) is 12.8 Å². The van der Waals surface area contributed by atoms with E-state index in [4.69, 9.17) is 0 Å². The summed E-state index contributed by atoms with van der Waals surface area (Å²) in [6, 6.07) is 28.2. The van der Waals surface area contributed by atoms with E-state index in [0.29, 0.717) is 0 Å². The molecule has 0 N–H and O–H groups in total. The molecule has 2 heteroatoms. The SMILES string of the molecule is C1=CC2=C(CC1)Sc1ccccc1N2c1ccc(-c2ccccc2)cc1. The number of benzene rings is 3. The highest BCUT2D eigenvalue weighted by molar-refractivity contribution is 8.03. The van der Waals surface area contributed by atoms with Gasteiger partial charge in [-0.3, -0.25) is 0 Å². The number of anilines is 2. The number of nitrogens with zero attached hydrogens (tertiary/aromatic N) is 1. The number of fused-ring (bicyclic) bond motifs is 1. The van der Waals surface area contributed by atoms with Crippen LogP contribution >= 0.6 is 11.8 Å². The van der Waals surface area contributed by atoms with E-state index < -0.39 is 0 Å². The second-order valence-corrected chi connectivity index (χ2v) is 7.70. The van der Waals surface area contributed by atoms with Crippen LogP contribution in [-0.4, -0.2) is 0 Å². The maximum absolute atomic E-state index is 2.41. The van der Waals surface area contributed by atoms with Crippen molar-refractivity contribution in [3.05, 3.63) is 102 Å². The van der Waals surface area contributed by atoms with E-state index in [-0.39, 0.29) is 0 Å². The Bertz CT molecular complexity index is 1000. The summed E-state index contributed by atoms with van der Waals surface area (Å²) in [7, 11) is 0. The van der Waals surface area contributed by atoms with Crippen molar-refractivity contribution in [1.82, 2.24) is 0 Å². The lowest BCUT2D eigenvalue weighted by Crippen LogP contribution is -2.21. The number of para-hydroxylation sites is 1. The largest absolute Gasteiger partial charge is 0.309 e. The average Bonchev–Trinajstić information content (AvgIpc) is 2.73. The molecule has 3 aromatic carbocycles. The highest BCUT2D eigenvalue weighted by atomic mass is 32.2. The minimum atomic E-state index is 1.13. The molecule has 0 spiro atoms. The predicted octanol–water partition coefficient (Wildman–Crippen LogP) is 7.16. The molecule has 126 valence electrons. The van der Waals surface area contributed by atoms with Crippen LogP contribution in [0.25, 0.3) is 11.1 Å². The fourth-order valence-corrected chi connectivity index (χ4v) is 4.80. The van der Waals surface area contributed by atoms with Crippen molar-refractivity contribution in [3.63, 3.8) is 0 Å². The summed E-state index contributed by atoms with van der Waals surface area (Å²) < 4.78 is 0. The van der Waals surface area contributed by atoms with Gasteiger partial charge in [0.25, 0.3) is 0 Å². The van der Waals surface area contributed by atoms with Gasteiger partial charge in [0.15, 0.2) is 0 Å². The summed E-state index contributed by atoms with van der Waals surface area (Å²) in [5.74, 6) is 0. The van der Waals surface area contributed by atoms with Gasteiger partial charge in [0.05, 0.1) is 11.4 Å². The first-order valence-electron chi connectivity index (χ1n) is 9.02. The predicted molar refractivity (Wildman–Crippen MR) is 112 cm³/mol. The summed E-state index contributed by atoms with van der Waals surface area (Å²) >= 11 is 1.93. The Morgan fingerprint density at radius 3 is 2.31 bits per heavy atom. The Morgan fingerprint density at radius 1 is 0.731 bits per heavy atom. The Morgan fingerprint density at radius 2 is 1.46 bits per heavy atom. The van der Waals surface area contributed by atoms with E-state index in [2.05, 4.69) is 95.9 Å². The number of allylic oxidation sites excluding steroid dienone is 3. The van der Waals surface area contributed by atoms with Crippen molar-refractivity contribution < 1.29 is 0 Å². The molecule has 0 unspecified atom stereocenters. The second-order valence-electron chi connectivity index (χ2n) is 6.57. The maximum Gasteiger partial charge on any atom is 0.0601 e. The minimum Gasteiger partial charge on any atom is -0.309 e. The number of rotatable bonds is 2. The normalized spacial score (nSPS) is 15.6. The van der Waals surface area contributed by atoms with Gasteiger partial charge in [-0.2, -0.15) is 0 Å². The molecule has 1 heterocycles. The summed E-state index contributed by atoms with van der Waals surface area (Å²) in [6.45, 7) is 0. The van der Waals surface area contributed by atoms with Gasteiger partial charge in [-0.25, -0.2) is 0 Å². The second kappa shape index (κ2) is 6.54. The van der Waals surface area contributed by atoms with E-state index in [0.717, 1.165) is 12.8 Å². The van der Waals surface area contributed by atoms with E-state index in [1.807, 2.05) is 11.8 Å². The molecule has 2 aliphatic rings. The molecular formula is C24H19NS. The standard InChI is InChI=1S/C24H19NS/c1-2-8-18(9-3-1)19-14-16-20(17-15-19)25-21-10-4-6-12-23(21)26-24-13-7-5-11-22(24)25/h1-6,8-12,14-17H,7,13H2. The first-order chi connectivity index (χ1) is 12.9. The van der Waals surface area contributed by atoms with Crippen LogP contribution in [0.2, 0.25) is 0 Å². The third-order valence-electron chi connectivity index (χ3n) is 4.91. The molecule has 5 rings (SSSR count). The lowest BCUT2D eigenvalue weighted by atomic mass is 10.0. The van der Waals surface area contributed by atoms with Crippen LogP contribution < -0.4 is 4.90 Å². The zero-order valence-electron chi connectivity index (χ0n) is 14.4. The Labute approximate surface area is 158 Å². The van der Waals surface area contributed by atoms with Crippen LogP contribution in [0.5, 0.6) is 0 Å². The molecule has 0 saturated heterocycles. The van der Waals surface area contributed by atoms with E-state index in [9.17, 15) is 0 Å². The van der Waals surface area contributed by atoms with Crippen molar-refractivity contribution in [1.29, 1.82) is 0 Å². The molecule has 26 heavy (non-hydrogen) atoms. The molecule has 0 fully saturated rings. The van der Waals surface area contributed by atoms with Gasteiger partial charge in [-0.15, -0.1) is 0 Å². The molecular weight excluding hydrogens is 334 g/mol.